The van der Waals surface area contributed by atoms with Crippen LogP contribution < -0.4 is 10.2 Å². The fourth-order valence-electron chi connectivity index (χ4n) is 3.78. The van der Waals surface area contributed by atoms with E-state index in [-0.39, 0.29) is 29.6 Å². The van der Waals surface area contributed by atoms with Crippen molar-refractivity contribution in [2.45, 2.75) is 32.4 Å². The summed E-state index contributed by atoms with van der Waals surface area (Å²) < 4.78 is 41.8. The van der Waals surface area contributed by atoms with Crippen molar-refractivity contribution in [1.82, 2.24) is 15.3 Å². The van der Waals surface area contributed by atoms with Gasteiger partial charge in [-0.1, -0.05) is 12.1 Å². The van der Waals surface area contributed by atoms with Gasteiger partial charge in [-0.15, -0.1) is 0 Å². The van der Waals surface area contributed by atoms with Crippen LogP contribution in [0.1, 0.15) is 41.3 Å². The Kier molecular flexibility index (Phi) is 7.14. The van der Waals surface area contributed by atoms with Crippen LogP contribution in [0.5, 0.6) is 0 Å². The quantitative estimate of drug-likeness (QED) is 0.496. The van der Waals surface area contributed by atoms with Crippen LogP contribution in [0.3, 0.4) is 0 Å². The Morgan fingerprint density at radius 2 is 1.91 bits per heavy atom. The molecule has 1 aromatic carbocycles. The first kappa shape index (κ1) is 24.4. The number of amides is 2. The molecule has 2 amide bonds. The van der Waals surface area contributed by atoms with Crippen LogP contribution in [0, 0.1) is 5.92 Å². The first-order valence-corrected chi connectivity index (χ1v) is 11.4. The van der Waals surface area contributed by atoms with Gasteiger partial charge in [0.2, 0.25) is 5.91 Å². The molecule has 35 heavy (non-hydrogen) atoms. The Morgan fingerprint density at radius 1 is 1.11 bits per heavy atom. The summed E-state index contributed by atoms with van der Waals surface area (Å²) in [6.07, 6.45) is 2.54. The summed E-state index contributed by atoms with van der Waals surface area (Å²) in [6, 6.07) is 10.6. The van der Waals surface area contributed by atoms with E-state index in [1.807, 2.05) is 12.1 Å². The summed E-state index contributed by atoms with van der Waals surface area (Å²) in [7, 11) is 0. The summed E-state index contributed by atoms with van der Waals surface area (Å²) >= 11 is 0. The fourth-order valence-corrected chi connectivity index (χ4v) is 3.78. The number of nitrogens with zero attached hydrogens (tertiary/aromatic N) is 3. The lowest BCUT2D eigenvalue weighted by atomic mass is 10.0. The Balaban J connectivity index is 1.50. The second kappa shape index (κ2) is 10.2. The number of halogens is 3. The van der Waals surface area contributed by atoms with Crippen LogP contribution in [0.25, 0.3) is 11.3 Å². The lowest BCUT2D eigenvalue weighted by Crippen LogP contribution is -2.32. The highest BCUT2D eigenvalue weighted by Crippen LogP contribution is 2.40. The minimum atomic E-state index is -4.64. The van der Waals surface area contributed by atoms with E-state index < -0.39 is 17.6 Å². The molecule has 1 aliphatic carbocycles. The lowest BCUT2D eigenvalue weighted by Gasteiger charge is -2.25. The standard InChI is InChI=1S/C26H25F3N4O2/c1-17(34)33(16-19-4-5-19)24-9-7-20(13-22(24)26(27,28)29)23-8-6-21(15-32-23)25(35)31-12-10-18-3-2-11-30-14-18/h2-3,6-9,11,13-15,19H,4-5,10,12,16H2,1H3,(H,31,35). The third kappa shape index (κ3) is 6.23. The molecule has 3 aromatic rings. The number of anilines is 1. The predicted octanol–water partition coefficient (Wildman–Crippen LogP) is 4.90. The van der Waals surface area contributed by atoms with Crippen molar-refractivity contribution in [2.75, 3.05) is 18.0 Å². The molecule has 9 heteroatoms. The van der Waals surface area contributed by atoms with E-state index in [2.05, 4.69) is 15.3 Å². The van der Waals surface area contributed by atoms with Crippen LogP contribution in [-0.4, -0.2) is 34.9 Å². The minimum Gasteiger partial charge on any atom is -0.352 e. The average Bonchev–Trinajstić information content (AvgIpc) is 3.67. The van der Waals surface area contributed by atoms with Crippen LogP contribution in [0.2, 0.25) is 0 Å². The highest BCUT2D eigenvalue weighted by Gasteiger charge is 2.37. The number of pyridine rings is 2. The smallest absolute Gasteiger partial charge is 0.352 e. The molecule has 0 saturated heterocycles. The van der Waals surface area contributed by atoms with Gasteiger partial charge in [-0.2, -0.15) is 13.2 Å². The van der Waals surface area contributed by atoms with Gasteiger partial charge in [0.15, 0.2) is 0 Å². The molecule has 0 aliphatic heterocycles. The Bertz CT molecular complexity index is 1190. The zero-order valence-corrected chi connectivity index (χ0v) is 19.2. The molecular formula is C26H25F3N4O2. The molecule has 1 fully saturated rings. The minimum absolute atomic E-state index is 0.148. The predicted molar refractivity (Wildman–Crippen MR) is 126 cm³/mol. The lowest BCUT2D eigenvalue weighted by molar-refractivity contribution is -0.137. The van der Waals surface area contributed by atoms with Crippen LogP contribution >= 0.6 is 0 Å². The third-order valence-electron chi connectivity index (χ3n) is 5.85. The number of alkyl halides is 3. The molecule has 2 aromatic heterocycles. The van der Waals surface area contributed by atoms with Crippen molar-refractivity contribution in [3.63, 3.8) is 0 Å². The summed E-state index contributed by atoms with van der Waals surface area (Å²) in [5.41, 5.74) is 0.811. The summed E-state index contributed by atoms with van der Waals surface area (Å²) in [6.45, 7) is 1.97. The Labute approximate surface area is 201 Å². The summed E-state index contributed by atoms with van der Waals surface area (Å²) in [5.74, 6) is -0.506. The second-order valence-electron chi connectivity index (χ2n) is 8.60. The van der Waals surface area contributed by atoms with Gasteiger partial charge in [-0.3, -0.25) is 19.6 Å². The van der Waals surface area contributed by atoms with Gasteiger partial charge in [0, 0.05) is 44.2 Å². The van der Waals surface area contributed by atoms with E-state index in [1.165, 1.54) is 42.3 Å². The highest BCUT2D eigenvalue weighted by atomic mass is 19.4. The third-order valence-corrected chi connectivity index (χ3v) is 5.85. The number of benzene rings is 1. The monoisotopic (exact) mass is 482 g/mol. The Morgan fingerprint density at radius 3 is 2.51 bits per heavy atom. The maximum Gasteiger partial charge on any atom is 0.418 e. The second-order valence-corrected chi connectivity index (χ2v) is 8.60. The molecular weight excluding hydrogens is 457 g/mol. The largest absolute Gasteiger partial charge is 0.418 e. The van der Waals surface area contributed by atoms with E-state index in [1.54, 1.807) is 12.4 Å². The van der Waals surface area contributed by atoms with Gasteiger partial charge < -0.3 is 10.2 Å². The molecule has 0 bridgehead atoms. The summed E-state index contributed by atoms with van der Waals surface area (Å²) in [4.78, 5) is 33.9. The topological polar surface area (TPSA) is 75.2 Å². The zero-order valence-electron chi connectivity index (χ0n) is 19.2. The normalized spacial score (nSPS) is 13.4. The number of rotatable bonds is 8. The molecule has 1 aliphatic rings. The molecule has 0 atom stereocenters. The summed E-state index contributed by atoms with van der Waals surface area (Å²) in [5, 5.41) is 2.79. The number of carbonyl (C=O) groups is 2. The molecule has 0 spiro atoms. The zero-order chi connectivity index (χ0) is 25.0. The molecule has 1 N–H and O–H groups in total. The first-order valence-electron chi connectivity index (χ1n) is 11.4. The van der Waals surface area contributed by atoms with E-state index in [0.29, 0.717) is 24.2 Å². The molecule has 1 saturated carbocycles. The Hall–Kier alpha value is -3.75. The fraction of sp³-hybridized carbons (Fsp3) is 0.308. The van der Waals surface area contributed by atoms with Gasteiger partial charge in [0.05, 0.1) is 22.5 Å². The number of hydrogen-bond donors (Lipinski definition) is 1. The van der Waals surface area contributed by atoms with Gasteiger partial charge in [-0.05, 0) is 61.1 Å². The number of carbonyl (C=O) groups excluding carboxylic acids is 2. The van der Waals surface area contributed by atoms with Gasteiger partial charge in [0.1, 0.15) is 0 Å². The number of hydrogen-bond acceptors (Lipinski definition) is 4. The van der Waals surface area contributed by atoms with Gasteiger partial charge in [-0.25, -0.2) is 0 Å². The van der Waals surface area contributed by atoms with Crippen molar-refractivity contribution in [1.29, 1.82) is 0 Å². The molecule has 6 nitrogen and oxygen atoms in total. The van der Waals surface area contributed by atoms with E-state index in [4.69, 9.17) is 0 Å². The SMILES string of the molecule is CC(=O)N(CC1CC1)c1ccc(-c2ccc(C(=O)NCCc3cccnc3)cn2)cc1C(F)(F)F. The van der Waals surface area contributed by atoms with Crippen LogP contribution in [-0.2, 0) is 17.4 Å². The molecule has 0 radical (unpaired) electrons. The van der Waals surface area contributed by atoms with Crippen molar-refractivity contribution in [2.24, 2.45) is 5.92 Å². The van der Waals surface area contributed by atoms with Crippen molar-refractivity contribution in [3.05, 3.63) is 77.7 Å². The number of nitrogens with one attached hydrogen (secondary N) is 1. The van der Waals surface area contributed by atoms with Crippen LogP contribution in [0.4, 0.5) is 18.9 Å². The maximum absolute atomic E-state index is 13.9. The average molecular weight is 483 g/mol. The molecule has 2 heterocycles. The number of aromatic nitrogens is 2. The van der Waals surface area contributed by atoms with Gasteiger partial charge in [0.25, 0.3) is 5.91 Å². The van der Waals surface area contributed by atoms with Crippen LogP contribution in [0.15, 0.2) is 61.1 Å². The first-order chi connectivity index (χ1) is 16.7. The van der Waals surface area contributed by atoms with E-state index in [9.17, 15) is 22.8 Å². The van der Waals surface area contributed by atoms with Crippen molar-refractivity contribution in [3.8, 4) is 11.3 Å². The maximum atomic E-state index is 13.9. The van der Waals surface area contributed by atoms with Crippen molar-refractivity contribution < 1.29 is 22.8 Å². The van der Waals surface area contributed by atoms with E-state index in [0.717, 1.165) is 24.5 Å². The highest BCUT2D eigenvalue weighted by molar-refractivity contribution is 5.94. The van der Waals surface area contributed by atoms with Gasteiger partial charge >= 0.3 is 6.18 Å². The molecule has 182 valence electrons. The van der Waals surface area contributed by atoms with Crippen molar-refractivity contribution >= 4 is 17.5 Å². The molecule has 0 unspecified atom stereocenters. The van der Waals surface area contributed by atoms with E-state index >= 15 is 0 Å². The molecule has 4 rings (SSSR count).